The fraction of sp³-hybridized carbons (Fsp3) is 0.242. The van der Waals surface area contributed by atoms with Gasteiger partial charge in [-0.3, -0.25) is 9.69 Å². The normalized spacial score (nSPS) is 20.5. The van der Waals surface area contributed by atoms with E-state index in [1.54, 1.807) is 0 Å². The van der Waals surface area contributed by atoms with Gasteiger partial charge in [0.2, 0.25) is 5.91 Å². The number of nitrogens with zero attached hydrogens (tertiary/aromatic N) is 2. The van der Waals surface area contributed by atoms with E-state index < -0.39 is 6.10 Å². The number of hydrogen-bond donors (Lipinski definition) is 1. The third kappa shape index (κ3) is 6.34. The molecule has 0 bridgehead atoms. The zero-order valence-corrected chi connectivity index (χ0v) is 21.1. The average molecular weight is 491 g/mol. The summed E-state index contributed by atoms with van der Waals surface area (Å²) in [6.45, 7) is 1.51. The van der Waals surface area contributed by atoms with Gasteiger partial charge in [0.1, 0.15) is 0 Å². The largest absolute Gasteiger partial charge is 0.390 e. The van der Waals surface area contributed by atoms with E-state index in [1.165, 1.54) is 0 Å². The molecule has 4 heteroatoms. The van der Waals surface area contributed by atoms with Gasteiger partial charge in [-0.15, -0.1) is 0 Å². The van der Waals surface area contributed by atoms with Crippen LogP contribution in [0.15, 0.2) is 121 Å². The quantitative estimate of drug-likeness (QED) is 0.373. The van der Waals surface area contributed by atoms with Crippen molar-refractivity contribution < 1.29 is 9.90 Å². The molecule has 5 rings (SSSR count). The van der Waals surface area contributed by atoms with Gasteiger partial charge >= 0.3 is 0 Å². The summed E-state index contributed by atoms with van der Waals surface area (Å²) >= 11 is 0. The van der Waals surface area contributed by atoms with E-state index in [-0.39, 0.29) is 18.0 Å². The number of β-amino-alcohol motifs (C(OH)–C–C–N with tert-alkyl or cyclic N) is 1. The fourth-order valence-electron chi connectivity index (χ4n) is 5.33. The Bertz CT molecular complexity index is 1250. The highest BCUT2D eigenvalue weighted by atomic mass is 16.3. The summed E-state index contributed by atoms with van der Waals surface area (Å²) in [4.78, 5) is 18.6. The van der Waals surface area contributed by atoms with Crippen LogP contribution in [0.5, 0.6) is 0 Å². The molecular weight excluding hydrogens is 456 g/mol. The number of carbonyl (C=O) groups excluding carboxylic acids is 1. The second kappa shape index (κ2) is 12.0. The average Bonchev–Trinajstić information content (AvgIpc) is 3.02. The van der Waals surface area contributed by atoms with Crippen LogP contribution in [0.25, 0.3) is 0 Å². The molecule has 0 aliphatic carbocycles. The Labute approximate surface area is 219 Å². The maximum atomic E-state index is 14.5. The molecule has 188 valence electrons. The minimum atomic E-state index is -0.683. The van der Waals surface area contributed by atoms with Gasteiger partial charge in [-0.1, -0.05) is 121 Å². The molecule has 1 saturated heterocycles. The van der Waals surface area contributed by atoms with Crippen LogP contribution in [0.2, 0.25) is 0 Å². The first-order chi connectivity index (χ1) is 18.2. The molecule has 4 aromatic rings. The maximum Gasteiger partial charge on any atom is 0.240 e. The van der Waals surface area contributed by atoms with Crippen LogP contribution in [-0.2, 0) is 30.7 Å². The molecule has 1 N–H and O–H groups in total. The molecule has 1 aliphatic heterocycles. The Kier molecular flexibility index (Phi) is 8.09. The van der Waals surface area contributed by atoms with E-state index >= 15 is 0 Å². The van der Waals surface area contributed by atoms with E-state index in [9.17, 15) is 9.90 Å². The number of benzene rings is 4. The van der Waals surface area contributed by atoms with Crippen LogP contribution in [0.4, 0.5) is 0 Å². The molecule has 1 fully saturated rings. The van der Waals surface area contributed by atoms with Gasteiger partial charge in [-0.2, -0.15) is 0 Å². The molecule has 1 heterocycles. The lowest BCUT2D eigenvalue weighted by atomic mass is 9.98. The van der Waals surface area contributed by atoms with Gasteiger partial charge < -0.3 is 10.0 Å². The molecule has 1 aliphatic rings. The lowest BCUT2D eigenvalue weighted by Crippen LogP contribution is -2.50. The molecule has 4 nitrogen and oxygen atoms in total. The van der Waals surface area contributed by atoms with Crippen molar-refractivity contribution in [2.75, 3.05) is 6.54 Å². The Balaban J connectivity index is 1.53. The molecule has 0 saturated carbocycles. The minimum Gasteiger partial charge on any atom is -0.390 e. The smallest absolute Gasteiger partial charge is 0.240 e. The Hall–Kier alpha value is -3.73. The molecular formula is C33H34N2O2. The first-order valence-corrected chi connectivity index (χ1v) is 13.1. The molecule has 0 radical (unpaired) electrons. The SMILES string of the molecule is O=C1[C@@H](Cc2ccccc2)N(Cc2ccccc2)C[C@H](O)[C@@H](Cc2ccccc2)N1Cc1ccccc1. The molecule has 4 aromatic carbocycles. The van der Waals surface area contributed by atoms with Crippen molar-refractivity contribution in [3.05, 3.63) is 144 Å². The van der Waals surface area contributed by atoms with Crippen molar-refractivity contribution >= 4 is 5.91 Å². The molecule has 0 spiro atoms. The number of rotatable bonds is 8. The zero-order valence-electron chi connectivity index (χ0n) is 21.1. The lowest BCUT2D eigenvalue weighted by Gasteiger charge is -2.34. The predicted molar refractivity (Wildman–Crippen MR) is 148 cm³/mol. The third-order valence-corrected chi connectivity index (χ3v) is 7.26. The van der Waals surface area contributed by atoms with Crippen molar-refractivity contribution in [1.29, 1.82) is 0 Å². The Morgan fingerprint density at radius 1 is 0.595 bits per heavy atom. The summed E-state index contributed by atoms with van der Waals surface area (Å²) in [6, 6.07) is 40.0. The molecule has 1 amide bonds. The topological polar surface area (TPSA) is 43.8 Å². The summed E-state index contributed by atoms with van der Waals surface area (Å²) in [5.41, 5.74) is 4.44. The zero-order chi connectivity index (χ0) is 25.5. The van der Waals surface area contributed by atoms with E-state index in [1.807, 2.05) is 77.7 Å². The van der Waals surface area contributed by atoms with Crippen LogP contribution in [0.3, 0.4) is 0 Å². The van der Waals surface area contributed by atoms with Gasteiger partial charge in [0.25, 0.3) is 0 Å². The van der Waals surface area contributed by atoms with Gasteiger partial charge in [0.05, 0.1) is 18.2 Å². The fourth-order valence-corrected chi connectivity index (χ4v) is 5.33. The number of hydrogen-bond acceptors (Lipinski definition) is 3. The van der Waals surface area contributed by atoms with Crippen molar-refractivity contribution in [3.8, 4) is 0 Å². The van der Waals surface area contributed by atoms with Crippen LogP contribution in [0, 0.1) is 0 Å². The molecule has 0 aromatic heterocycles. The van der Waals surface area contributed by atoms with E-state index in [0.717, 1.165) is 22.3 Å². The summed E-state index contributed by atoms with van der Waals surface area (Å²) in [7, 11) is 0. The second-order valence-corrected chi connectivity index (χ2v) is 9.90. The first-order valence-electron chi connectivity index (χ1n) is 13.1. The van der Waals surface area contributed by atoms with Crippen molar-refractivity contribution in [2.45, 2.75) is 44.1 Å². The highest BCUT2D eigenvalue weighted by Gasteiger charge is 2.41. The van der Waals surface area contributed by atoms with Crippen molar-refractivity contribution in [3.63, 3.8) is 0 Å². The van der Waals surface area contributed by atoms with E-state index in [4.69, 9.17) is 0 Å². The Morgan fingerprint density at radius 3 is 1.54 bits per heavy atom. The van der Waals surface area contributed by atoms with Gasteiger partial charge in [-0.05, 0) is 35.1 Å². The first kappa shape index (κ1) is 24.9. The maximum absolute atomic E-state index is 14.5. The Morgan fingerprint density at radius 2 is 1.03 bits per heavy atom. The summed E-state index contributed by atoms with van der Waals surface area (Å²) in [5.74, 6) is 0.0705. The second-order valence-electron chi connectivity index (χ2n) is 9.90. The summed E-state index contributed by atoms with van der Waals surface area (Å²) in [5, 5.41) is 11.7. The third-order valence-electron chi connectivity index (χ3n) is 7.26. The molecule has 0 unspecified atom stereocenters. The number of carbonyl (C=O) groups is 1. The standard InChI is InChI=1S/C33H34N2O2/c36-32-25-34(23-28-17-9-3-10-18-28)31(22-27-15-7-2-8-16-27)33(37)35(24-29-19-11-4-12-20-29)30(32)21-26-13-5-1-6-14-26/h1-20,30-32,36H,21-25H2/t30-,31-,32+/m1/s1. The van der Waals surface area contributed by atoms with Crippen molar-refractivity contribution in [2.24, 2.45) is 0 Å². The van der Waals surface area contributed by atoms with Gasteiger partial charge in [0.15, 0.2) is 0 Å². The van der Waals surface area contributed by atoms with Gasteiger partial charge in [0, 0.05) is 19.6 Å². The minimum absolute atomic E-state index is 0.0705. The van der Waals surface area contributed by atoms with Gasteiger partial charge in [-0.25, -0.2) is 0 Å². The number of amides is 1. The van der Waals surface area contributed by atoms with Crippen LogP contribution < -0.4 is 0 Å². The van der Waals surface area contributed by atoms with Crippen LogP contribution >= 0.6 is 0 Å². The monoisotopic (exact) mass is 490 g/mol. The number of aliphatic hydroxyl groups is 1. The lowest BCUT2D eigenvalue weighted by molar-refractivity contribution is -0.139. The van der Waals surface area contributed by atoms with E-state index in [2.05, 4.69) is 53.4 Å². The van der Waals surface area contributed by atoms with E-state index in [0.29, 0.717) is 32.5 Å². The van der Waals surface area contributed by atoms with Crippen molar-refractivity contribution in [1.82, 2.24) is 9.80 Å². The molecule has 3 atom stereocenters. The number of aliphatic hydroxyl groups excluding tert-OH is 1. The molecule has 37 heavy (non-hydrogen) atoms. The van der Waals surface area contributed by atoms with Crippen LogP contribution in [0.1, 0.15) is 22.3 Å². The summed E-state index contributed by atoms with van der Waals surface area (Å²) < 4.78 is 0. The highest BCUT2D eigenvalue weighted by molar-refractivity contribution is 5.83. The summed E-state index contributed by atoms with van der Waals surface area (Å²) in [6.07, 6.45) is 0.526. The highest BCUT2D eigenvalue weighted by Crippen LogP contribution is 2.26. The van der Waals surface area contributed by atoms with Crippen LogP contribution in [-0.4, -0.2) is 45.5 Å². The predicted octanol–water partition coefficient (Wildman–Crippen LogP) is 5.11.